The molecule has 1 aromatic rings. The molecule has 142 valence electrons. The van der Waals surface area contributed by atoms with Crippen LogP contribution in [0.3, 0.4) is 0 Å². The maximum absolute atomic E-state index is 12.6. The van der Waals surface area contributed by atoms with Gasteiger partial charge >= 0.3 is 12.0 Å². The van der Waals surface area contributed by atoms with Gasteiger partial charge in [0, 0.05) is 5.70 Å². The number of urea groups is 1. The Morgan fingerprint density at radius 3 is 2.50 bits per heavy atom. The number of carbonyl (C=O) groups is 2. The molecule has 0 unspecified atom stereocenters. The first-order valence-corrected chi connectivity index (χ1v) is 9.10. The van der Waals surface area contributed by atoms with Gasteiger partial charge in [-0.05, 0) is 43.4 Å². The molecule has 0 spiro atoms. The zero-order valence-electron chi connectivity index (χ0n) is 15.9. The van der Waals surface area contributed by atoms with Crippen LogP contribution in [0.2, 0.25) is 0 Å². The lowest BCUT2D eigenvalue weighted by Gasteiger charge is -2.28. The minimum absolute atomic E-state index is 0.336. The molecule has 1 atom stereocenters. The third-order valence-electron chi connectivity index (χ3n) is 4.10. The van der Waals surface area contributed by atoms with E-state index in [2.05, 4.69) is 24.5 Å². The summed E-state index contributed by atoms with van der Waals surface area (Å²) in [5.74, 6) is 0.804. The Balaban J connectivity index is 2.19. The van der Waals surface area contributed by atoms with E-state index in [0.29, 0.717) is 30.4 Å². The predicted octanol–water partition coefficient (Wildman–Crippen LogP) is 3.69. The standard InChI is InChI=1S/C20H28N2O4/c1-5-11-25-16-8-6-15(7-9-16)18-17(14(4)21-20(24)22-18)19(23)26-12-10-13(2)3/h6-9,13,18H,5,10-12H2,1-4H3,(H2,21,22,24)/t18-/m0/s1. The average molecular weight is 360 g/mol. The van der Waals surface area contributed by atoms with Crippen LogP contribution >= 0.6 is 0 Å². The van der Waals surface area contributed by atoms with Gasteiger partial charge in [0.25, 0.3) is 0 Å². The fraction of sp³-hybridized carbons (Fsp3) is 0.500. The van der Waals surface area contributed by atoms with Gasteiger partial charge in [-0.1, -0.05) is 32.9 Å². The molecule has 1 heterocycles. The Morgan fingerprint density at radius 2 is 1.88 bits per heavy atom. The van der Waals surface area contributed by atoms with Crippen LogP contribution < -0.4 is 15.4 Å². The minimum Gasteiger partial charge on any atom is -0.494 e. The highest BCUT2D eigenvalue weighted by Crippen LogP contribution is 2.29. The largest absolute Gasteiger partial charge is 0.494 e. The summed E-state index contributed by atoms with van der Waals surface area (Å²) in [6.07, 6.45) is 1.73. The Hall–Kier alpha value is -2.50. The van der Waals surface area contributed by atoms with Crippen molar-refractivity contribution in [3.8, 4) is 5.75 Å². The van der Waals surface area contributed by atoms with Crippen LogP contribution in [0.25, 0.3) is 0 Å². The summed E-state index contributed by atoms with van der Waals surface area (Å²) in [7, 11) is 0. The van der Waals surface area contributed by atoms with Gasteiger partial charge < -0.3 is 20.1 Å². The van der Waals surface area contributed by atoms with Crippen LogP contribution in [-0.2, 0) is 9.53 Å². The maximum Gasteiger partial charge on any atom is 0.338 e. The Morgan fingerprint density at radius 1 is 1.19 bits per heavy atom. The number of benzene rings is 1. The maximum atomic E-state index is 12.6. The van der Waals surface area contributed by atoms with E-state index in [1.165, 1.54) is 0 Å². The highest BCUT2D eigenvalue weighted by atomic mass is 16.5. The molecule has 1 aromatic carbocycles. The smallest absolute Gasteiger partial charge is 0.338 e. The summed E-state index contributed by atoms with van der Waals surface area (Å²) in [5, 5.41) is 5.46. The van der Waals surface area contributed by atoms with E-state index < -0.39 is 12.0 Å². The number of nitrogens with one attached hydrogen (secondary N) is 2. The molecule has 0 aromatic heterocycles. The fourth-order valence-corrected chi connectivity index (χ4v) is 2.66. The summed E-state index contributed by atoms with van der Waals surface area (Å²) in [6.45, 7) is 8.91. The van der Waals surface area contributed by atoms with Crippen molar-refractivity contribution >= 4 is 12.0 Å². The number of rotatable bonds is 8. The van der Waals surface area contributed by atoms with Crippen molar-refractivity contribution in [1.29, 1.82) is 0 Å². The topological polar surface area (TPSA) is 76.7 Å². The average Bonchev–Trinajstić information content (AvgIpc) is 2.59. The van der Waals surface area contributed by atoms with Crippen molar-refractivity contribution in [2.24, 2.45) is 5.92 Å². The van der Waals surface area contributed by atoms with E-state index >= 15 is 0 Å². The molecule has 1 aliphatic heterocycles. The zero-order valence-corrected chi connectivity index (χ0v) is 15.9. The summed E-state index contributed by atoms with van der Waals surface area (Å²) in [5.41, 5.74) is 1.74. The third kappa shape index (κ3) is 5.25. The van der Waals surface area contributed by atoms with E-state index in [0.717, 1.165) is 24.2 Å². The van der Waals surface area contributed by atoms with Gasteiger partial charge in [0.1, 0.15) is 5.75 Å². The molecule has 6 nitrogen and oxygen atoms in total. The van der Waals surface area contributed by atoms with Crippen LogP contribution in [-0.4, -0.2) is 25.2 Å². The second-order valence-electron chi connectivity index (χ2n) is 6.81. The summed E-state index contributed by atoms with van der Waals surface area (Å²) >= 11 is 0. The van der Waals surface area contributed by atoms with Gasteiger partial charge in [0.05, 0.1) is 24.8 Å². The van der Waals surface area contributed by atoms with Crippen molar-refractivity contribution in [3.63, 3.8) is 0 Å². The molecule has 0 aliphatic carbocycles. The molecule has 0 saturated carbocycles. The van der Waals surface area contributed by atoms with Crippen LogP contribution in [0, 0.1) is 5.92 Å². The monoisotopic (exact) mass is 360 g/mol. The summed E-state index contributed by atoms with van der Waals surface area (Å²) in [4.78, 5) is 24.5. The number of amides is 2. The zero-order chi connectivity index (χ0) is 19.1. The summed E-state index contributed by atoms with van der Waals surface area (Å²) < 4.78 is 11.0. The number of allylic oxidation sites excluding steroid dienone is 1. The fourth-order valence-electron chi connectivity index (χ4n) is 2.66. The molecule has 0 bridgehead atoms. The predicted molar refractivity (Wildman–Crippen MR) is 99.8 cm³/mol. The highest BCUT2D eigenvalue weighted by Gasteiger charge is 2.32. The highest BCUT2D eigenvalue weighted by molar-refractivity contribution is 5.95. The SMILES string of the molecule is CCCOc1ccc([C@@H]2NC(=O)NC(C)=C2C(=O)OCCC(C)C)cc1. The van der Waals surface area contributed by atoms with E-state index in [1.54, 1.807) is 6.92 Å². The molecule has 6 heteroatoms. The van der Waals surface area contributed by atoms with Crippen molar-refractivity contribution in [2.45, 2.75) is 46.6 Å². The van der Waals surface area contributed by atoms with Crippen LogP contribution in [0.15, 0.2) is 35.5 Å². The van der Waals surface area contributed by atoms with Gasteiger partial charge in [-0.25, -0.2) is 9.59 Å². The van der Waals surface area contributed by atoms with Crippen LogP contribution in [0.4, 0.5) is 4.79 Å². The molecule has 2 amide bonds. The van der Waals surface area contributed by atoms with Gasteiger partial charge in [-0.15, -0.1) is 0 Å². The van der Waals surface area contributed by atoms with Crippen molar-refractivity contribution in [1.82, 2.24) is 10.6 Å². The first-order valence-electron chi connectivity index (χ1n) is 9.10. The Labute approximate surface area is 154 Å². The number of hydrogen-bond acceptors (Lipinski definition) is 4. The van der Waals surface area contributed by atoms with E-state index in [1.807, 2.05) is 31.2 Å². The molecular formula is C20H28N2O4. The second kappa shape index (κ2) is 9.27. The molecular weight excluding hydrogens is 332 g/mol. The summed E-state index contributed by atoms with van der Waals surface area (Å²) in [6, 6.07) is 6.52. The quantitative estimate of drug-likeness (QED) is 0.693. The normalized spacial score (nSPS) is 17.0. The molecule has 1 aliphatic rings. The molecule has 2 rings (SSSR count). The number of ether oxygens (including phenoxy) is 2. The van der Waals surface area contributed by atoms with Gasteiger partial charge in [-0.2, -0.15) is 0 Å². The Kier molecular flexibility index (Phi) is 7.06. The number of hydrogen-bond donors (Lipinski definition) is 2. The van der Waals surface area contributed by atoms with E-state index in [9.17, 15) is 9.59 Å². The molecule has 0 fully saturated rings. The van der Waals surface area contributed by atoms with Crippen LogP contribution in [0.1, 0.15) is 52.1 Å². The minimum atomic E-state index is -0.546. The first-order chi connectivity index (χ1) is 12.4. The molecule has 26 heavy (non-hydrogen) atoms. The van der Waals surface area contributed by atoms with Gasteiger partial charge in [0.2, 0.25) is 0 Å². The van der Waals surface area contributed by atoms with Crippen LogP contribution in [0.5, 0.6) is 5.75 Å². The van der Waals surface area contributed by atoms with E-state index in [-0.39, 0.29) is 6.03 Å². The molecule has 2 N–H and O–H groups in total. The first kappa shape index (κ1) is 19.8. The lowest BCUT2D eigenvalue weighted by molar-refractivity contribution is -0.139. The molecule has 0 radical (unpaired) electrons. The lowest BCUT2D eigenvalue weighted by Crippen LogP contribution is -2.45. The lowest BCUT2D eigenvalue weighted by atomic mass is 9.95. The van der Waals surface area contributed by atoms with E-state index in [4.69, 9.17) is 9.47 Å². The third-order valence-corrected chi connectivity index (χ3v) is 4.10. The van der Waals surface area contributed by atoms with Crippen molar-refractivity contribution in [2.75, 3.05) is 13.2 Å². The Bertz CT molecular complexity index is 665. The molecule has 0 saturated heterocycles. The van der Waals surface area contributed by atoms with Gasteiger partial charge in [-0.3, -0.25) is 0 Å². The van der Waals surface area contributed by atoms with Crippen molar-refractivity contribution < 1.29 is 19.1 Å². The van der Waals surface area contributed by atoms with Crippen molar-refractivity contribution in [3.05, 3.63) is 41.1 Å². The number of carbonyl (C=O) groups excluding carboxylic acids is 2. The van der Waals surface area contributed by atoms with Gasteiger partial charge in [0.15, 0.2) is 0 Å². The second-order valence-corrected chi connectivity index (χ2v) is 6.81. The number of esters is 1.